The van der Waals surface area contributed by atoms with E-state index in [0.717, 1.165) is 27.9 Å². The Hall–Kier alpha value is -2.54. The second-order valence-electron chi connectivity index (χ2n) is 6.49. The summed E-state index contributed by atoms with van der Waals surface area (Å²) in [7, 11) is 3.81. The summed E-state index contributed by atoms with van der Waals surface area (Å²) >= 11 is 1.63. The largest absolute Gasteiger partial charge is 0.362 e. The minimum atomic E-state index is -0.281. The van der Waals surface area contributed by atoms with E-state index in [-0.39, 0.29) is 17.8 Å². The molecule has 0 fully saturated rings. The first kappa shape index (κ1) is 18.3. The number of hydrogen-bond acceptors (Lipinski definition) is 6. The van der Waals surface area contributed by atoms with Gasteiger partial charge in [-0.05, 0) is 43.3 Å². The molecule has 3 rings (SSSR count). The predicted octanol–water partition coefficient (Wildman–Crippen LogP) is 3.65. The molecule has 0 saturated heterocycles. The Kier molecular flexibility index (Phi) is 5.18. The average molecular weight is 369 g/mol. The molecule has 6 nitrogen and oxygen atoms in total. The molecule has 3 aromatic rings. The van der Waals surface area contributed by atoms with Crippen molar-refractivity contribution in [2.24, 2.45) is 0 Å². The number of nitrogens with zero attached hydrogens (tertiary/aromatic N) is 4. The van der Waals surface area contributed by atoms with Crippen LogP contribution in [0.5, 0.6) is 0 Å². The lowest BCUT2D eigenvalue weighted by atomic mass is 10.1. The zero-order chi connectivity index (χ0) is 18.8. The number of amides is 1. The van der Waals surface area contributed by atoms with Gasteiger partial charge in [0.15, 0.2) is 5.65 Å². The summed E-state index contributed by atoms with van der Waals surface area (Å²) in [5, 5.41) is 5.93. The predicted molar refractivity (Wildman–Crippen MR) is 106 cm³/mol. The SMILES string of the molecule is CCC(NC(=O)c1nc(N(C)C)c2c(C)cc(C)nc2n1)c1cccs1. The second kappa shape index (κ2) is 7.37. The van der Waals surface area contributed by atoms with Crippen molar-refractivity contribution in [1.29, 1.82) is 0 Å². The maximum absolute atomic E-state index is 12.8. The van der Waals surface area contributed by atoms with Crippen LogP contribution in [0.3, 0.4) is 0 Å². The van der Waals surface area contributed by atoms with Crippen molar-refractivity contribution in [3.8, 4) is 0 Å². The van der Waals surface area contributed by atoms with E-state index in [9.17, 15) is 4.79 Å². The molecule has 0 aromatic carbocycles. The van der Waals surface area contributed by atoms with E-state index in [2.05, 4.69) is 20.3 Å². The third kappa shape index (κ3) is 3.53. The third-order valence-electron chi connectivity index (χ3n) is 4.20. The first-order chi connectivity index (χ1) is 12.4. The van der Waals surface area contributed by atoms with Gasteiger partial charge in [0, 0.05) is 24.7 Å². The fourth-order valence-electron chi connectivity index (χ4n) is 2.97. The van der Waals surface area contributed by atoms with Gasteiger partial charge in [-0.15, -0.1) is 11.3 Å². The highest BCUT2D eigenvalue weighted by atomic mass is 32.1. The van der Waals surface area contributed by atoms with Crippen molar-refractivity contribution >= 4 is 34.1 Å². The summed E-state index contributed by atoms with van der Waals surface area (Å²) in [6, 6.07) is 5.97. The van der Waals surface area contributed by atoms with Gasteiger partial charge in [-0.1, -0.05) is 13.0 Å². The first-order valence-electron chi connectivity index (χ1n) is 8.58. The van der Waals surface area contributed by atoms with Crippen LogP contribution in [0.2, 0.25) is 0 Å². The number of aryl methyl sites for hydroxylation is 2. The van der Waals surface area contributed by atoms with Gasteiger partial charge in [-0.25, -0.2) is 15.0 Å². The van der Waals surface area contributed by atoms with Gasteiger partial charge in [-0.2, -0.15) is 0 Å². The number of carbonyl (C=O) groups excluding carboxylic acids is 1. The minimum Gasteiger partial charge on any atom is -0.362 e. The molecular weight excluding hydrogens is 346 g/mol. The zero-order valence-corrected chi connectivity index (χ0v) is 16.5. The van der Waals surface area contributed by atoms with Crippen molar-refractivity contribution < 1.29 is 4.79 Å². The molecular formula is C19H23N5OS. The van der Waals surface area contributed by atoms with Crippen molar-refractivity contribution in [2.45, 2.75) is 33.2 Å². The Morgan fingerprint density at radius 2 is 2.04 bits per heavy atom. The molecule has 3 aromatic heterocycles. The fraction of sp³-hybridized carbons (Fsp3) is 0.368. The molecule has 1 N–H and O–H groups in total. The van der Waals surface area contributed by atoms with Gasteiger partial charge < -0.3 is 10.2 Å². The van der Waals surface area contributed by atoms with E-state index in [1.165, 1.54) is 0 Å². The van der Waals surface area contributed by atoms with Crippen molar-refractivity contribution in [3.63, 3.8) is 0 Å². The number of rotatable bonds is 5. The van der Waals surface area contributed by atoms with E-state index in [1.54, 1.807) is 11.3 Å². The first-order valence-corrected chi connectivity index (χ1v) is 9.46. The van der Waals surface area contributed by atoms with Crippen molar-refractivity contribution in [3.05, 3.63) is 45.5 Å². The van der Waals surface area contributed by atoms with Crippen LogP contribution in [-0.2, 0) is 0 Å². The molecule has 1 atom stereocenters. The quantitative estimate of drug-likeness (QED) is 0.743. The Balaban J connectivity index is 2.03. The van der Waals surface area contributed by atoms with Crippen molar-refractivity contribution in [2.75, 3.05) is 19.0 Å². The average Bonchev–Trinajstić information content (AvgIpc) is 3.12. The number of fused-ring (bicyclic) bond motifs is 1. The van der Waals surface area contributed by atoms with Crippen LogP contribution in [0, 0.1) is 13.8 Å². The monoisotopic (exact) mass is 369 g/mol. The Labute approximate surface area is 157 Å². The van der Waals surface area contributed by atoms with E-state index < -0.39 is 0 Å². The van der Waals surface area contributed by atoms with Crippen molar-refractivity contribution in [1.82, 2.24) is 20.3 Å². The molecule has 0 spiro atoms. The number of carbonyl (C=O) groups is 1. The molecule has 26 heavy (non-hydrogen) atoms. The van der Waals surface area contributed by atoms with Crippen LogP contribution >= 0.6 is 11.3 Å². The number of thiophene rings is 1. The molecule has 0 saturated carbocycles. The number of pyridine rings is 1. The summed E-state index contributed by atoms with van der Waals surface area (Å²) in [5.41, 5.74) is 2.47. The van der Waals surface area contributed by atoms with Gasteiger partial charge in [0.2, 0.25) is 5.82 Å². The van der Waals surface area contributed by atoms with E-state index >= 15 is 0 Å². The molecule has 0 aliphatic carbocycles. The molecule has 0 bridgehead atoms. The van der Waals surface area contributed by atoms with Gasteiger partial charge in [0.05, 0.1) is 11.4 Å². The summed E-state index contributed by atoms with van der Waals surface area (Å²) in [4.78, 5) is 29.3. The number of aromatic nitrogens is 3. The minimum absolute atomic E-state index is 0.0446. The van der Waals surface area contributed by atoms with Crippen LogP contribution in [0.1, 0.15) is 46.1 Å². The standard InChI is InChI=1S/C19H23N5OS/c1-6-13(14-8-7-9-26-14)21-19(25)17-22-16-15(18(23-17)24(4)5)11(2)10-12(3)20-16/h7-10,13H,6H2,1-5H3,(H,21,25). The maximum atomic E-state index is 12.8. The second-order valence-corrected chi connectivity index (χ2v) is 7.47. The third-order valence-corrected chi connectivity index (χ3v) is 5.19. The van der Waals surface area contributed by atoms with Crippen LogP contribution in [0.4, 0.5) is 5.82 Å². The van der Waals surface area contributed by atoms with Crippen LogP contribution < -0.4 is 10.2 Å². The highest BCUT2D eigenvalue weighted by Crippen LogP contribution is 2.26. The highest BCUT2D eigenvalue weighted by Gasteiger charge is 2.20. The smallest absolute Gasteiger partial charge is 0.289 e. The van der Waals surface area contributed by atoms with Gasteiger partial charge >= 0.3 is 0 Å². The topological polar surface area (TPSA) is 71.0 Å². The van der Waals surface area contributed by atoms with Gasteiger partial charge in [0.25, 0.3) is 5.91 Å². The Morgan fingerprint density at radius 3 is 2.65 bits per heavy atom. The number of anilines is 1. The molecule has 1 amide bonds. The molecule has 0 aliphatic rings. The lowest BCUT2D eigenvalue weighted by molar-refractivity contribution is 0.0926. The molecule has 0 radical (unpaired) electrons. The summed E-state index contributed by atoms with van der Waals surface area (Å²) in [6.07, 6.45) is 0.802. The lowest BCUT2D eigenvalue weighted by Crippen LogP contribution is -2.30. The summed E-state index contributed by atoms with van der Waals surface area (Å²) in [6.45, 7) is 5.98. The Morgan fingerprint density at radius 1 is 1.27 bits per heavy atom. The summed E-state index contributed by atoms with van der Waals surface area (Å²) in [5.74, 6) is 0.569. The molecule has 1 unspecified atom stereocenters. The van der Waals surface area contributed by atoms with Crippen LogP contribution in [0.15, 0.2) is 23.6 Å². The van der Waals surface area contributed by atoms with E-state index in [1.807, 2.05) is 63.3 Å². The van der Waals surface area contributed by atoms with E-state index in [4.69, 9.17) is 0 Å². The molecule has 136 valence electrons. The summed E-state index contributed by atoms with van der Waals surface area (Å²) < 4.78 is 0. The fourth-order valence-corrected chi connectivity index (χ4v) is 3.83. The highest BCUT2D eigenvalue weighted by molar-refractivity contribution is 7.10. The van der Waals surface area contributed by atoms with Crippen LogP contribution in [-0.4, -0.2) is 35.0 Å². The van der Waals surface area contributed by atoms with E-state index in [0.29, 0.717) is 11.5 Å². The normalized spacial score (nSPS) is 12.2. The number of nitrogens with one attached hydrogen (secondary N) is 1. The maximum Gasteiger partial charge on any atom is 0.289 e. The number of hydrogen-bond donors (Lipinski definition) is 1. The molecule has 7 heteroatoms. The van der Waals surface area contributed by atoms with Gasteiger partial charge in [-0.3, -0.25) is 4.79 Å². The molecule has 3 heterocycles. The van der Waals surface area contributed by atoms with Crippen LogP contribution in [0.25, 0.3) is 11.0 Å². The zero-order valence-electron chi connectivity index (χ0n) is 15.7. The Bertz CT molecular complexity index is 937. The lowest BCUT2D eigenvalue weighted by Gasteiger charge is -2.18. The van der Waals surface area contributed by atoms with Gasteiger partial charge in [0.1, 0.15) is 5.82 Å². The molecule has 0 aliphatic heterocycles.